The van der Waals surface area contributed by atoms with Crippen LogP contribution in [0.2, 0.25) is 20.1 Å². The van der Waals surface area contributed by atoms with Gasteiger partial charge < -0.3 is 9.47 Å². The summed E-state index contributed by atoms with van der Waals surface area (Å²) in [5, 5.41) is 1.38. The van der Waals surface area contributed by atoms with Gasteiger partial charge in [-0.15, -0.1) is 0 Å². The van der Waals surface area contributed by atoms with Crippen LogP contribution >= 0.6 is 78.3 Å². The fraction of sp³-hybridized carbons (Fsp3) is 0. The van der Waals surface area contributed by atoms with Crippen LogP contribution in [0.3, 0.4) is 0 Å². The average molecular weight is 480 g/mol. The van der Waals surface area contributed by atoms with Crippen LogP contribution in [0.1, 0.15) is 0 Å². The van der Waals surface area contributed by atoms with Crippen LogP contribution in [0.5, 0.6) is 23.0 Å². The molecule has 2 aromatic carbocycles. The van der Waals surface area contributed by atoms with Crippen molar-refractivity contribution in [1.29, 1.82) is 0 Å². The lowest BCUT2D eigenvalue weighted by Gasteiger charge is -2.24. The van der Waals surface area contributed by atoms with Gasteiger partial charge >= 0.3 is 0 Å². The highest BCUT2D eigenvalue weighted by atomic mass is 79.9. The molecule has 0 spiro atoms. The zero-order valence-electron chi connectivity index (χ0n) is 9.24. The van der Waals surface area contributed by atoms with Crippen LogP contribution in [0.25, 0.3) is 0 Å². The summed E-state index contributed by atoms with van der Waals surface area (Å²) < 4.78 is 12.6. The molecule has 1 heterocycles. The SMILES string of the molecule is Clc1cc2c(c(Br)c1Cl)Oc1cc(Cl)c(Cl)c(Br)c1O2. The van der Waals surface area contributed by atoms with Gasteiger partial charge in [-0.1, -0.05) is 46.4 Å². The summed E-state index contributed by atoms with van der Waals surface area (Å²) in [4.78, 5) is 0. The highest BCUT2D eigenvalue weighted by molar-refractivity contribution is 9.11. The van der Waals surface area contributed by atoms with Crippen molar-refractivity contribution < 1.29 is 9.47 Å². The number of halogens is 6. The molecule has 1 aliphatic heterocycles. The average Bonchev–Trinajstić information content (AvgIpc) is 2.42. The molecule has 0 radical (unpaired) electrons. The Labute approximate surface area is 151 Å². The Morgan fingerprint density at radius 3 is 1.40 bits per heavy atom. The second-order valence-corrected chi connectivity index (χ2v) is 6.99. The van der Waals surface area contributed by atoms with Crippen molar-refractivity contribution in [2.75, 3.05) is 0 Å². The summed E-state index contributed by atoms with van der Waals surface area (Å²) >= 11 is 30.8. The number of rotatable bonds is 0. The number of hydrogen-bond acceptors (Lipinski definition) is 2. The van der Waals surface area contributed by atoms with E-state index in [2.05, 4.69) is 31.9 Å². The van der Waals surface area contributed by atoms with E-state index in [4.69, 9.17) is 55.9 Å². The van der Waals surface area contributed by atoms with Crippen LogP contribution in [0, 0.1) is 0 Å². The van der Waals surface area contributed by atoms with Gasteiger partial charge in [0.25, 0.3) is 0 Å². The first-order chi connectivity index (χ1) is 9.40. The van der Waals surface area contributed by atoms with Gasteiger partial charge in [-0.05, 0) is 31.9 Å². The predicted molar refractivity (Wildman–Crippen MR) is 88.5 cm³/mol. The van der Waals surface area contributed by atoms with Crippen molar-refractivity contribution in [3.05, 3.63) is 41.2 Å². The highest BCUT2D eigenvalue weighted by Crippen LogP contribution is 2.56. The summed E-state index contributed by atoms with van der Waals surface area (Å²) in [5.41, 5.74) is 0. The summed E-state index contributed by atoms with van der Waals surface area (Å²) in [7, 11) is 0. The van der Waals surface area contributed by atoms with Crippen molar-refractivity contribution in [3.63, 3.8) is 0 Å². The Kier molecular flexibility index (Phi) is 4.08. The maximum absolute atomic E-state index is 6.06. The monoisotopic (exact) mass is 476 g/mol. The van der Waals surface area contributed by atoms with E-state index in [1.165, 1.54) is 0 Å². The molecule has 0 unspecified atom stereocenters. The van der Waals surface area contributed by atoms with Gasteiger partial charge in [-0.2, -0.15) is 0 Å². The Morgan fingerprint density at radius 2 is 1.05 bits per heavy atom. The van der Waals surface area contributed by atoms with Crippen LogP contribution in [-0.2, 0) is 0 Å². The minimum Gasteiger partial charge on any atom is -0.448 e. The third-order valence-corrected chi connectivity index (χ3v) is 6.14. The molecule has 0 saturated heterocycles. The molecular formula is C12H2Br2Cl4O2. The molecule has 0 aromatic heterocycles. The first-order valence-corrected chi connectivity index (χ1v) is 8.20. The molecular weight excluding hydrogens is 478 g/mol. The van der Waals surface area contributed by atoms with Gasteiger partial charge in [0, 0.05) is 12.1 Å². The van der Waals surface area contributed by atoms with Crippen LogP contribution in [0.4, 0.5) is 0 Å². The Balaban J connectivity index is 2.22. The Hall–Kier alpha value is 0.160. The largest absolute Gasteiger partial charge is 0.448 e. The van der Waals surface area contributed by atoms with Gasteiger partial charge in [0.2, 0.25) is 0 Å². The molecule has 3 rings (SSSR count). The zero-order valence-corrected chi connectivity index (χ0v) is 15.4. The fourth-order valence-corrected chi connectivity index (χ4v) is 3.55. The summed E-state index contributed by atoms with van der Waals surface area (Å²) in [6.07, 6.45) is 0. The van der Waals surface area contributed by atoms with Crippen LogP contribution in [0.15, 0.2) is 21.1 Å². The maximum Gasteiger partial charge on any atom is 0.185 e. The van der Waals surface area contributed by atoms with E-state index in [0.29, 0.717) is 52.0 Å². The van der Waals surface area contributed by atoms with Gasteiger partial charge in [0.15, 0.2) is 23.0 Å². The van der Waals surface area contributed by atoms with Crippen molar-refractivity contribution in [1.82, 2.24) is 0 Å². The van der Waals surface area contributed by atoms with E-state index in [1.807, 2.05) is 0 Å². The van der Waals surface area contributed by atoms with Crippen molar-refractivity contribution >= 4 is 78.3 Å². The zero-order chi connectivity index (χ0) is 14.6. The lowest BCUT2D eigenvalue weighted by atomic mass is 10.2. The van der Waals surface area contributed by atoms with E-state index >= 15 is 0 Å². The van der Waals surface area contributed by atoms with Crippen molar-refractivity contribution in [3.8, 4) is 23.0 Å². The minimum atomic E-state index is 0.344. The standard InChI is InChI=1S/C12H2Br2Cl4O2/c13-7-9(17)3(15)1-5-11(7)20-6-2-4(16)10(18)8(14)12(6)19-5/h1-2H. The minimum absolute atomic E-state index is 0.344. The second-order valence-electron chi connectivity index (χ2n) is 3.83. The summed E-state index contributed by atoms with van der Waals surface area (Å²) in [6.45, 7) is 0. The molecule has 0 bridgehead atoms. The van der Waals surface area contributed by atoms with Gasteiger partial charge in [-0.3, -0.25) is 0 Å². The third-order valence-electron chi connectivity index (χ3n) is 2.59. The fourth-order valence-electron chi connectivity index (χ4n) is 1.68. The number of hydrogen-bond donors (Lipinski definition) is 0. The van der Waals surface area contributed by atoms with E-state index in [-0.39, 0.29) is 0 Å². The van der Waals surface area contributed by atoms with Gasteiger partial charge in [-0.25, -0.2) is 0 Å². The van der Waals surface area contributed by atoms with E-state index in [9.17, 15) is 0 Å². The molecule has 0 saturated carbocycles. The smallest absolute Gasteiger partial charge is 0.185 e. The third kappa shape index (κ3) is 2.31. The molecule has 2 nitrogen and oxygen atoms in total. The van der Waals surface area contributed by atoms with Crippen LogP contribution < -0.4 is 9.47 Å². The summed E-state index contributed by atoms with van der Waals surface area (Å²) in [5.74, 6) is 1.71. The van der Waals surface area contributed by atoms with Gasteiger partial charge in [0.1, 0.15) is 0 Å². The molecule has 2 aromatic rings. The molecule has 0 N–H and O–H groups in total. The number of fused-ring (bicyclic) bond motifs is 2. The van der Waals surface area contributed by atoms with E-state index in [0.717, 1.165) is 0 Å². The molecule has 0 aliphatic carbocycles. The topological polar surface area (TPSA) is 18.5 Å². The second kappa shape index (κ2) is 5.41. The molecule has 1 aliphatic rings. The lowest BCUT2D eigenvalue weighted by molar-refractivity contribution is 0.356. The lowest BCUT2D eigenvalue weighted by Crippen LogP contribution is -2.01. The van der Waals surface area contributed by atoms with E-state index in [1.54, 1.807) is 12.1 Å². The number of benzene rings is 2. The Bertz CT molecular complexity index is 686. The Morgan fingerprint density at radius 1 is 0.700 bits per heavy atom. The molecule has 104 valence electrons. The molecule has 8 heteroatoms. The van der Waals surface area contributed by atoms with Gasteiger partial charge in [0.05, 0.1) is 29.0 Å². The quantitative estimate of drug-likeness (QED) is 0.307. The molecule has 0 atom stereocenters. The normalized spacial score (nSPS) is 12.3. The molecule has 0 amide bonds. The molecule has 20 heavy (non-hydrogen) atoms. The first kappa shape index (κ1) is 15.1. The number of ether oxygens (including phenoxy) is 2. The first-order valence-electron chi connectivity index (χ1n) is 5.11. The predicted octanol–water partition coefficient (Wildman–Crippen LogP) is 7.72. The van der Waals surface area contributed by atoms with Crippen LogP contribution in [-0.4, -0.2) is 0 Å². The molecule has 0 fully saturated rings. The van der Waals surface area contributed by atoms with Crippen molar-refractivity contribution in [2.24, 2.45) is 0 Å². The highest BCUT2D eigenvalue weighted by Gasteiger charge is 2.28. The summed E-state index contributed by atoms with van der Waals surface area (Å²) in [6, 6.07) is 3.14. The maximum atomic E-state index is 6.06. The van der Waals surface area contributed by atoms with Crippen molar-refractivity contribution in [2.45, 2.75) is 0 Å². The van der Waals surface area contributed by atoms with E-state index < -0.39 is 0 Å².